The van der Waals surface area contributed by atoms with E-state index < -0.39 is 9.84 Å². The van der Waals surface area contributed by atoms with E-state index in [0.29, 0.717) is 13.0 Å². The molecule has 28 heavy (non-hydrogen) atoms. The zero-order chi connectivity index (χ0) is 19.4. The molecule has 0 unspecified atom stereocenters. The van der Waals surface area contributed by atoms with Gasteiger partial charge in [-0.3, -0.25) is 4.99 Å². The summed E-state index contributed by atoms with van der Waals surface area (Å²) in [5, 5.41) is 6.49. The minimum Gasteiger partial charge on any atom is -0.357 e. The molecule has 2 rings (SSSR count). The van der Waals surface area contributed by atoms with Crippen LogP contribution >= 0.6 is 24.0 Å². The molecule has 0 fully saturated rings. The highest BCUT2D eigenvalue weighted by molar-refractivity contribution is 14.0. The third-order valence-electron chi connectivity index (χ3n) is 4.01. The van der Waals surface area contributed by atoms with E-state index in [9.17, 15) is 8.42 Å². The summed E-state index contributed by atoms with van der Waals surface area (Å²) in [6, 6.07) is 19.6. The van der Waals surface area contributed by atoms with Crippen LogP contribution in [0.25, 0.3) is 0 Å². The summed E-state index contributed by atoms with van der Waals surface area (Å²) in [7, 11) is -3.11. The second kappa shape index (κ2) is 13.5. The van der Waals surface area contributed by atoms with Crippen molar-refractivity contribution in [1.29, 1.82) is 0 Å². The summed E-state index contributed by atoms with van der Waals surface area (Å²) in [5.41, 5.74) is 2.10. The van der Waals surface area contributed by atoms with Gasteiger partial charge in [-0.05, 0) is 30.9 Å². The summed E-state index contributed by atoms with van der Waals surface area (Å²) < 4.78 is 24.4. The second-order valence-corrected chi connectivity index (χ2v) is 8.54. The number of rotatable bonds is 10. The topological polar surface area (TPSA) is 70.6 Å². The molecule has 0 saturated carbocycles. The van der Waals surface area contributed by atoms with Crippen LogP contribution < -0.4 is 10.6 Å². The first kappa shape index (κ1) is 24.4. The Labute approximate surface area is 186 Å². The molecule has 0 atom stereocenters. The van der Waals surface area contributed by atoms with Crippen LogP contribution in [0, 0.1) is 0 Å². The number of guanidine groups is 1. The molecule has 154 valence electrons. The van der Waals surface area contributed by atoms with E-state index in [2.05, 4.69) is 27.8 Å². The van der Waals surface area contributed by atoms with Crippen LogP contribution in [-0.2, 0) is 22.0 Å². The molecule has 5 nitrogen and oxygen atoms in total. The molecule has 0 bridgehead atoms. The first-order valence-corrected chi connectivity index (χ1v) is 11.2. The van der Waals surface area contributed by atoms with Gasteiger partial charge in [0.2, 0.25) is 0 Å². The lowest BCUT2D eigenvalue weighted by atomic mass is 10.1. The van der Waals surface area contributed by atoms with Gasteiger partial charge in [0, 0.05) is 19.6 Å². The van der Waals surface area contributed by atoms with Gasteiger partial charge in [-0.2, -0.15) is 0 Å². The number of nitrogens with one attached hydrogen (secondary N) is 2. The predicted molar refractivity (Wildman–Crippen MR) is 128 cm³/mol. The van der Waals surface area contributed by atoms with Gasteiger partial charge in [-0.25, -0.2) is 8.42 Å². The van der Waals surface area contributed by atoms with Crippen LogP contribution in [0.15, 0.2) is 65.7 Å². The molecule has 0 amide bonds. The Bertz CT molecular complexity index is 797. The summed E-state index contributed by atoms with van der Waals surface area (Å²) in [6.45, 7) is 4.04. The Hall–Kier alpha value is -1.61. The zero-order valence-corrected chi connectivity index (χ0v) is 19.5. The number of benzene rings is 2. The summed E-state index contributed by atoms with van der Waals surface area (Å²) >= 11 is 0. The molecule has 0 saturated heterocycles. The zero-order valence-electron chi connectivity index (χ0n) is 16.3. The molecule has 2 aromatic rings. The molecule has 0 radical (unpaired) electrons. The number of sulfone groups is 1. The number of hydrogen-bond donors (Lipinski definition) is 2. The van der Waals surface area contributed by atoms with E-state index in [1.807, 2.05) is 55.5 Å². The van der Waals surface area contributed by atoms with Crippen molar-refractivity contribution in [3.63, 3.8) is 0 Å². The first-order valence-electron chi connectivity index (χ1n) is 9.39. The van der Waals surface area contributed by atoms with Crippen LogP contribution in [0.1, 0.15) is 24.5 Å². The van der Waals surface area contributed by atoms with E-state index in [1.54, 1.807) is 0 Å². The highest BCUT2D eigenvalue weighted by atomic mass is 127. The fourth-order valence-corrected chi connectivity index (χ4v) is 4.10. The van der Waals surface area contributed by atoms with Crippen molar-refractivity contribution in [2.24, 2.45) is 4.99 Å². The highest BCUT2D eigenvalue weighted by Gasteiger charge is 2.11. The average Bonchev–Trinajstić information content (AvgIpc) is 2.66. The van der Waals surface area contributed by atoms with E-state index in [0.717, 1.165) is 31.0 Å². The van der Waals surface area contributed by atoms with Crippen molar-refractivity contribution in [2.45, 2.75) is 25.5 Å². The van der Waals surface area contributed by atoms with Crippen molar-refractivity contribution >= 4 is 39.8 Å². The van der Waals surface area contributed by atoms with Crippen molar-refractivity contribution in [3.8, 4) is 0 Å². The van der Waals surface area contributed by atoms with Gasteiger partial charge in [0.15, 0.2) is 15.8 Å². The molecule has 0 heterocycles. The molecule has 2 N–H and O–H groups in total. The minimum atomic E-state index is -3.11. The number of hydrogen-bond acceptors (Lipinski definition) is 3. The maximum absolute atomic E-state index is 12.2. The summed E-state index contributed by atoms with van der Waals surface area (Å²) in [6.07, 6.45) is 1.43. The normalized spacial score (nSPS) is 11.5. The number of halogens is 1. The highest BCUT2D eigenvalue weighted by Crippen LogP contribution is 2.07. The fraction of sp³-hybridized carbons (Fsp3) is 0.381. The SMILES string of the molecule is CCNC(=NCCCS(=O)(=O)Cc1ccccc1)NCCc1ccccc1.I. The van der Waals surface area contributed by atoms with Crippen molar-refractivity contribution in [1.82, 2.24) is 10.6 Å². The third-order valence-corrected chi connectivity index (χ3v) is 5.69. The Kier molecular flexibility index (Phi) is 11.8. The van der Waals surface area contributed by atoms with Crippen LogP contribution in [0.2, 0.25) is 0 Å². The molecule has 7 heteroatoms. The third kappa shape index (κ3) is 10.1. The van der Waals surface area contributed by atoms with Gasteiger partial charge in [0.25, 0.3) is 0 Å². The standard InChI is InChI=1S/C21H29N3O2S.HI/c1-2-22-21(24-16-14-19-10-5-3-6-11-19)23-15-9-17-27(25,26)18-20-12-7-4-8-13-20;/h3-8,10-13H,2,9,14-18H2,1H3,(H2,22,23,24);1H. The molecular weight excluding hydrogens is 485 g/mol. The van der Waals surface area contributed by atoms with Gasteiger partial charge >= 0.3 is 0 Å². The number of aliphatic imine (C=N–C) groups is 1. The minimum absolute atomic E-state index is 0. The van der Waals surface area contributed by atoms with E-state index in [4.69, 9.17) is 0 Å². The first-order chi connectivity index (χ1) is 13.1. The Morgan fingerprint density at radius 3 is 2.14 bits per heavy atom. The van der Waals surface area contributed by atoms with Gasteiger partial charge in [0.1, 0.15) is 0 Å². The molecule has 0 spiro atoms. The van der Waals surface area contributed by atoms with Gasteiger partial charge in [-0.15, -0.1) is 24.0 Å². The lowest BCUT2D eigenvalue weighted by Gasteiger charge is -2.11. The van der Waals surface area contributed by atoms with E-state index in [-0.39, 0.29) is 35.5 Å². The van der Waals surface area contributed by atoms with Crippen LogP contribution in [0.4, 0.5) is 0 Å². The Morgan fingerprint density at radius 1 is 0.929 bits per heavy atom. The van der Waals surface area contributed by atoms with Gasteiger partial charge < -0.3 is 10.6 Å². The monoisotopic (exact) mass is 515 g/mol. The fourth-order valence-electron chi connectivity index (χ4n) is 2.69. The maximum Gasteiger partial charge on any atom is 0.191 e. The lowest BCUT2D eigenvalue weighted by molar-refractivity contribution is 0.592. The quantitative estimate of drug-likeness (QED) is 0.220. The Balaban J connectivity index is 0.00000392. The summed E-state index contributed by atoms with van der Waals surface area (Å²) in [4.78, 5) is 4.48. The smallest absolute Gasteiger partial charge is 0.191 e. The van der Waals surface area contributed by atoms with Crippen LogP contribution in [0.5, 0.6) is 0 Å². The molecule has 2 aromatic carbocycles. The molecule has 0 aliphatic carbocycles. The molecular formula is C21H30IN3O2S. The van der Waals surface area contributed by atoms with E-state index >= 15 is 0 Å². The van der Waals surface area contributed by atoms with E-state index in [1.165, 1.54) is 5.56 Å². The lowest BCUT2D eigenvalue weighted by Crippen LogP contribution is -2.38. The second-order valence-electron chi connectivity index (χ2n) is 6.35. The number of nitrogens with zero attached hydrogens (tertiary/aromatic N) is 1. The van der Waals surface area contributed by atoms with Gasteiger partial charge in [0.05, 0.1) is 11.5 Å². The maximum atomic E-state index is 12.2. The largest absolute Gasteiger partial charge is 0.357 e. The summed E-state index contributed by atoms with van der Waals surface area (Å²) in [5.74, 6) is 0.968. The molecule has 0 aliphatic rings. The van der Waals surface area contributed by atoms with Gasteiger partial charge in [-0.1, -0.05) is 60.7 Å². The van der Waals surface area contributed by atoms with Crippen LogP contribution in [0.3, 0.4) is 0 Å². The predicted octanol–water partition coefficient (Wildman–Crippen LogP) is 3.41. The van der Waals surface area contributed by atoms with Crippen molar-refractivity contribution in [3.05, 3.63) is 71.8 Å². The van der Waals surface area contributed by atoms with Crippen molar-refractivity contribution in [2.75, 3.05) is 25.4 Å². The average molecular weight is 515 g/mol. The molecule has 0 aliphatic heterocycles. The van der Waals surface area contributed by atoms with Crippen molar-refractivity contribution < 1.29 is 8.42 Å². The van der Waals surface area contributed by atoms with Crippen LogP contribution in [-0.4, -0.2) is 39.8 Å². The molecule has 0 aromatic heterocycles. The Morgan fingerprint density at radius 2 is 1.54 bits per heavy atom.